The van der Waals surface area contributed by atoms with Gasteiger partial charge in [0.15, 0.2) is 0 Å². The summed E-state index contributed by atoms with van der Waals surface area (Å²) in [5.41, 5.74) is 1.75. The first-order valence-corrected chi connectivity index (χ1v) is 13.8. The van der Waals surface area contributed by atoms with Gasteiger partial charge in [0.2, 0.25) is 0 Å². The molecule has 2 heterocycles. The number of rotatable bonds is 1. The van der Waals surface area contributed by atoms with Crippen LogP contribution in [0.25, 0.3) is 0 Å². The minimum atomic E-state index is -0.610. The molecule has 3 heteroatoms. The molecule has 2 aliphatic heterocycles. The predicted molar refractivity (Wildman–Crippen MR) is 131 cm³/mol. The molecule has 0 spiro atoms. The van der Waals surface area contributed by atoms with Gasteiger partial charge in [0.1, 0.15) is 0 Å². The lowest BCUT2D eigenvalue weighted by atomic mass is 9.31. The van der Waals surface area contributed by atoms with Crippen molar-refractivity contribution in [1.29, 1.82) is 0 Å². The van der Waals surface area contributed by atoms with E-state index in [1.165, 1.54) is 31.3 Å². The van der Waals surface area contributed by atoms with Crippen molar-refractivity contribution in [3.05, 3.63) is 11.6 Å². The first-order chi connectivity index (χ1) is 15.2. The molecule has 7 rings (SSSR count). The van der Waals surface area contributed by atoms with Crippen LogP contribution >= 0.6 is 0 Å². The van der Waals surface area contributed by atoms with Gasteiger partial charge in [0.05, 0.1) is 17.6 Å². The Labute approximate surface area is 201 Å². The number of fused-ring (bicyclic) bond motifs is 5. The summed E-state index contributed by atoms with van der Waals surface area (Å²) in [5, 5.41) is 10.5. The zero-order chi connectivity index (χ0) is 23.8. The molecule has 4 saturated carbocycles. The Hall–Kier alpha value is -0.830. The van der Waals surface area contributed by atoms with Gasteiger partial charge >= 0.3 is 5.97 Å². The molecular weight excluding hydrogens is 408 g/mol. The van der Waals surface area contributed by atoms with Gasteiger partial charge in [-0.15, -0.1) is 0 Å². The highest BCUT2D eigenvalue weighted by Gasteiger charge is 2.74. The standard InChI is InChI=1S/C30H46O3/c1-25(2)12-14-30(24(31)32)15-13-27(5)18(19(30)17-25)8-9-21-28(27,6)11-10-20-26(3,4)22-16-23(33-22)29(20,21)7/h17-18,20-23H,8-16H2,1-7H3,(H,31,32)/t18-,20+,21+,22?,23?,27-,28-,29+,30+/m1/s1. The fourth-order valence-corrected chi connectivity index (χ4v) is 11.1. The molecule has 2 unspecified atom stereocenters. The summed E-state index contributed by atoms with van der Waals surface area (Å²) in [5.74, 6) is 1.27. The molecule has 0 aromatic heterocycles. The lowest BCUT2D eigenvalue weighted by molar-refractivity contribution is -0.348. The summed E-state index contributed by atoms with van der Waals surface area (Å²) in [6.45, 7) is 17.4. The van der Waals surface area contributed by atoms with Crippen molar-refractivity contribution in [2.75, 3.05) is 0 Å². The molecule has 9 atom stereocenters. The first-order valence-electron chi connectivity index (χ1n) is 13.8. The second kappa shape index (κ2) is 6.29. The van der Waals surface area contributed by atoms with Crippen LogP contribution in [0.2, 0.25) is 0 Å². The lowest BCUT2D eigenvalue weighted by Crippen LogP contribution is -2.74. The first kappa shape index (κ1) is 22.6. The molecule has 2 bridgehead atoms. The highest BCUT2D eigenvalue weighted by atomic mass is 16.5. The molecule has 0 aromatic carbocycles. The summed E-state index contributed by atoms with van der Waals surface area (Å²) < 4.78 is 6.60. The highest BCUT2D eigenvalue weighted by Crippen LogP contribution is 2.78. The van der Waals surface area contributed by atoms with Crippen LogP contribution in [0.1, 0.15) is 106 Å². The maximum atomic E-state index is 12.8. The third kappa shape index (κ3) is 2.44. The van der Waals surface area contributed by atoms with Gasteiger partial charge in [-0.1, -0.05) is 60.1 Å². The van der Waals surface area contributed by atoms with E-state index in [-0.39, 0.29) is 27.1 Å². The lowest BCUT2D eigenvalue weighted by Gasteiger charge is -2.76. The fraction of sp³-hybridized carbons (Fsp3) is 0.900. The number of carbonyl (C=O) groups is 1. The average molecular weight is 455 g/mol. The van der Waals surface area contributed by atoms with Crippen molar-refractivity contribution in [3.8, 4) is 0 Å². The number of ether oxygens (including phenoxy) is 1. The van der Waals surface area contributed by atoms with Crippen LogP contribution < -0.4 is 0 Å². The smallest absolute Gasteiger partial charge is 0.313 e. The van der Waals surface area contributed by atoms with E-state index in [9.17, 15) is 9.90 Å². The molecule has 0 radical (unpaired) electrons. The molecule has 33 heavy (non-hydrogen) atoms. The Morgan fingerprint density at radius 1 is 0.848 bits per heavy atom. The topological polar surface area (TPSA) is 46.5 Å². The van der Waals surface area contributed by atoms with E-state index in [0.717, 1.165) is 38.0 Å². The molecule has 2 saturated heterocycles. The zero-order valence-electron chi connectivity index (χ0n) is 22.1. The van der Waals surface area contributed by atoms with Crippen LogP contribution in [-0.2, 0) is 9.53 Å². The zero-order valence-corrected chi connectivity index (χ0v) is 22.1. The number of hydrogen-bond acceptors (Lipinski definition) is 2. The van der Waals surface area contributed by atoms with Gasteiger partial charge in [0.25, 0.3) is 0 Å². The van der Waals surface area contributed by atoms with Gasteiger partial charge in [-0.3, -0.25) is 4.79 Å². The second-order valence-corrected chi connectivity index (χ2v) is 15.1. The van der Waals surface area contributed by atoms with Crippen molar-refractivity contribution >= 4 is 5.97 Å². The molecule has 0 amide bonds. The Morgan fingerprint density at radius 2 is 1.52 bits per heavy atom. The normalized spacial score (nSPS) is 55.6. The SMILES string of the molecule is CC1(C)C=C2[C@H]3CC[C@@H]4[C@@]5(C)C6CC(O6)C(C)(C)[C@@H]5CC[C@@]4(C)[C@]3(C)CC[C@@]2(C(=O)O)CC1. The number of carboxylic acids is 1. The van der Waals surface area contributed by atoms with Gasteiger partial charge in [0, 0.05) is 11.8 Å². The molecule has 7 aliphatic rings. The third-order valence-electron chi connectivity index (χ3n) is 13.4. The maximum absolute atomic E-state index is 12.8. The van der Waals surface area contributed by atoms with Crippen LogP contribution in [0.4, 0.5) is 0 Å². The van der Waals surface area contributed by atoms with Crippen molar-refractivity contribution in [2.45, 2.75) is 118 Å². The second-order valence-electron chi connectivity index (χ2n) is 15.1. The molecule has 5 aliphatic carbocycles. The minimum absolute atomic E-state index is 0.107. The third-order valence-corrected chi connectivity index (χ3v) is 13.4. The van der Waals surface area contributed by atoms with Gasteiger partial charge in [-0.2, -0.15) is 0 Å². The minimum Gasteiger partial charge on any atom is -0.481 e. The fourth-order valence-electron chi connectivity index (χ4n) is 11.1. The van der Waals surface area contributed by atoms with E-state index in [1.807, 2.05) is 0 Å². The predicted octanol–water partition coefficient (Wildman–Crippen LogP) is 7.25. The summed E-state index contributed by atoms with van der Waals surface area (Å²) in [4.78, 5) is 12.8. The highest BCUT2D eigenvalue weighted by molar-refractivity contribution is 5.80. The molecule has 6 fully saturated rings. The van der Waals surface area contributed by atoms with Crippen molar-refractivity contribution in [3.63, 3.8) is 0 Å². The van der Waals surface area contributed by atoms with Gasteiger partial charge in [-0.05, 0) is 90.8 Å². The molecule has 184 valence electrons. The Bertz CT molecular complexity index is 925. The van der Waals surface area contributed by atoms with Crippen LogP contribution in [0, 0.1) is 50.2 Å². The summed E-state index contributed by atoms with van der Waals surface area (Å²) in [6, 6.07) is 0. The van der Waals surface area contributed by atoms with Gasteiger partial charge in [-0.25, -0.2) is 0 Å². The van der Waals surface area contributed by atoms with E-state index in [1.54, 1.807) is 0 Å². The molecule has 0 aromatic rings. The molecular formula is C30H46O3. The number of hydrogen-bond donors (Lipinski definition) is 1. The van der Waals surface area contributed by atoms with E-state index in [0.29, 0.717) is 24.0 Å². The molecule has 1 N–H and O–H groups in total. The monoisotopic (exact) mass is 454 g/mol. The Kier molecular flexibility index (Phi) is 4.31. The van der Waals surface area contributed by atoms with Crippen molar-refractivity contribution in [1.82, 2.24) is 0 Å². The van der Waals surface area contributed by atoms with Crippen LogP contribution in [0.3, 0.4) is 0 Å². The number of aliphatic carboxylic acids is 1. The summed E-state index contributed by atoms with van der Waals surface area (Å²) in [7, 11) is 0. The van der Waals surface area contributed by atoms with Crippen LogP contribution in [0.5, 0.6) is 0 Å². The van der Waals surface area contributed by atoms with E-state index < -0.39 is 11.4 Å². The number of allylic oxidation sites excluding steroid dienone is 1. The van der Waals surface area contributed by atoms with E-state index >= 15 is 0 Å². The van der Waals surface area contributed by atoms with Crippen molar-refractivity contribution < 1.29 is 14.6 Å². The average Bonchev–Trinajstić information content (AvgIpc) is 2.65. The quantitative estimate of drug-likeness (QED) is 0.424. The Morgan fingerprint density at radius 3 is 2.18 bits per heavy atom. The Balaban J connectivity index is 1.45. The van der Waals surface area contributed by atoms with E-state index in [4.69, 9.17) is 4.74 Å². The summed E-state index contributed by atoms with van der Waals surface area (Å²) in [6.07, 6.45) is 13.3. The number of carboxylic acid groups (broad SMARTS) is 1. The van der Waals surface area contributed by atoms with E-state index in [2.05, 4.69) is 54.5 Å². The maximum Gasteiger partial charge on any atom is 0.313 e. The van der Waals surface area contributed by atoms with Gasteiger partial charge < -0.3 is 9.84 Å². The van der Waals surface area contributed by atoms with Crippen LogP contribution in [-0.4, -0.2) is 23.3 Å². The summed E-state index contributed by atoms with van der Waals surface area (Å²) >= 11 is 0. The van der Waals surface area contributed by atoms with Crippen LogP contribution in [0.15, 0.2) is 11.6 Å². The van der Waals surface area contributed by atoms with Crippen molar-refractivity contribution in [2.24, 2.45) is 50.2 Å². The largest absolute Gasteiger partial charge is 0.481 e. The molecule has 3 nitrogen and oxygen atoms in total.